The van der Waals surface area contributed by atoms with Crippen molar-refractivity contribution >= 4 is 10.0 Å². The molecule has 0 bridgehead atoms. The van der Waals surface area contributed by atoms with Crippen molar-refractivity contribution in [3.63, 3.8) is 0 Å². The van der Waals surface area contributed by atoms with E-state index in [9.17, 15) is 8.42 Å². The first-order chi connectivity index (χ1) is 6.80. The largest absolute Gasteiger partial charge is 0.395 e. The van der Waals surface area contributed by atoms with Gasteiger partial charge in [-0.05, 0) is 17.8 Å². The van der Waals surface area contributed by atoms with Crippen molar-refractivity contribution in [2.75, 3.05) is 18.9 Å². The lowest BCUT2D eigenvalue weighted by Gasteiger charge is -2.24. The van der Waals surface area contributed by atoms with Crippen molar-refractivity contribution < 1.29 is 13.5 Å². The lowest BCUT2D eigenvalue weighted by molar-refractivity contribution is 0.288. The summed E-state index contributed by atoms with van der Waals surface area (Å²) in [6, 6.07) is 0. The molecule has 0 amide bonds. The highest BCUT2D eigenvalue weighted by Gasteiger charge is 2.19. The van der Waals surface area contributed by atoms with Crippen LogP contribution in [0, 0.1) is 17.8 Å². The first-order valence-electron chi connectivity index (χ1n) is 5.38. The number of rotatable bonds is 7. The molecular formula is C10H23NO3S. The van der Waals surface area contributed by atoms with Crippen LogP contribution in [-0.4, -0.2) is 32.4 Å². The Labute approximate surface area is 93.1 Å². The summed E-state index contributed by atoms with van der Waals surface area (Å²) in [6.45, 7) is 8.48. The van der Waals surface area contributed by atoms with Gasteiger partial charge in [0, 0.05) is 6.54 Å². The fourth-order valence-corrected chi connectivity index (χ4v) is 2.49. The van der Waals surface area contributed by atoms with Crippen molar-refractivity contribution in [1.29, 1.82) is 0 Å². The first-order valence-corrected chi connectivity index (χ1v) is 7.03. The van der Waals surface area contributed by atoms with Crippen molar-refractivity contribution in [2.24, 2.45) is 17.8 Å². The Kier molecular flexibility index (Phi) is 6.40. The minimum Gasteiger partial charge on any atom is -0.395 e. The van der Waals surface area contributed by atoms with Gasteiger partial charge in [-0.15, -0.1) is 0 Å². The third-order valence-corrected chi connectivity index (χ3v) is 3.94. The van der Waals surface area contributed by atoms with Gasteiger partial charge in [-0.2, -0.15) is 0 Å². The van der Waals surface area contributed by atoms with Crippen LogP contribution < -0.4 is 4.72 Å². The van der Waals surface area contributed by atoms with Crippen LogP contribution in [0.3, 0.4) is 0 Å². The summed E-state index contributed by atoms with van der Waals surface area (Å²) < 4.78 is 25.2. The van der Waals surface area contributed by atoms with E-state index in [1.807, 2.05) is 0 Å². The molecule has 0 spiro atoms. The van der Waals surface area contributed by atoms with Crippen LogP contribution >= 0.6 is 0 Å². The molecular weight excluding hydrogens is 214 g/mol. The molecule has 0 atom stereocenters. The molecule has 4 nitrogen and oxygen atoms in total. The molecule has 0 aliphatic heterocycles. The summed E-state index contributed by atoms with van der Waals surface area (Å²) in [5.74, 6) is 1.01. The van der Waals surface area contributed by atoms with Crippen LogP contribution in [0.15, 0.2) is 0 Å². The van der Waals surface area contributed by atoms with E-state index in [-0.39, 0.29) is 12.4 Å². The summed E-state index contributed by atoms with van der Waals surface area (Å²) in [5, 5.41) is 8.57. The normalized spacial score (nSPS) is 13.1. The predicted octanol–water partition coefficient (Wildman–Crippen LogP) is 0.826. The number of sulfonamides is 1. The van der Waals surface area contributed by atoms with E-state index < -0.39 is 10.0 Å². The Hall–Kier alpha value is -0.130. The fourth-order valence-electron chi connectivity index (χ4n) is 1.66. The minimum absolute atomic E-state index is 0.212. The van der Waals surface area contributed by atoms with Gasteiger partial charge in [-0.1, -0.05) is 27.7 Å². The molecule has 0 fully saturated rings. The lowest BCUT2D eigenvalue weighted by atomic mass is 9.86. The summed E-state index contributed by atoms with van der Waals surface area (Å²) in [6.07, 6.45) is 0. The molecule has 15 heavy (non-hydrogen) atoms. The average molecular weight is 237 g/mol. The standard InChI is InChI=1S/C10H23NO3S/c1-8(2)10(9(3)4)7-11-15(13,14)6-5-12/h8-12H,5-7H2,1-4H3. The molecule has 5 heteroatoms. The maximum atomic E-state index is 11.3. The summed E-state index contributed by atoms with van der Waals surface area (Å²) in [7, 11) is -3.29. The number of hydrogen-bond donors (Lipinski definition) is 2. The Balaban J connectivity index is 4.22. The molecule has 0 heterocycles. The second-order valence-corrected chi connectivity index (χ2v) is 6.47. The molecule has 0 aromatic rings. The molecule has 2 N–H and O–H groups in total. The predicted molar refractivity (Wildman–Crippen MR) is 62.0 cm³/mol. The second kappa shape index (κ2) is 6.45. The van der Waals surface area contributed by atoms with Gasteiger partial charge < -0.3 is 5.11 Å². The van der Waals surface area contributed by atoms with E-state index in [2.05, 4.69) is 32.4 Å². The molecule has 0 unspecified atom stereocenters. The number of nitrogens with one attached hydrogen (secondary N) is 1. The molecule has 92 valence electrons. The van der Waals surface area contributed by atoms with Gasteiger partial charge >= 0.3 is 0 Å². The van der Waals surface area contributed by atoms with Gasteiger partial charge in [0.15, 0.2) is 0 Å². The Morgan fingerprint density at radius 1 is 1.13 bits per heavy atom. The summed E-state index contributed by atoms with van der Waals surface area (Å²) >= 11 is 0. The van der Waals surface area contributed by atoms with E-state index in [0.717, 1.165) is 0 Å². The van der Waals surface area contributed by atoms with E-state index >= 15 is 0 Å². The molecule has 0 aliphatic carbocycles. The maximum absolute atomic E-state index is 11.3. The molecule has 0 aliphatic rings. The van der Waals surface area contributed by atoms with Crippen LogP contribution in [0.5, 0.6) is 0 Å². The highest BCUT2D eigenvalue weighted by atomic mass is 32.2. The third kappa shape index (κ3) is 6.12. The van der Waals surface area contributed by atoms with Crippen molar-refractivity contribution in [2.45, 2.75) is 27.7 Å². The SMILES string of the molecule is CC(C)C(CNS(=O)(=O)CCO)C(C)C. The van der Waals surface area contributed by atoms with Gasteiger partial charge in [-0.25, -0.2) is 13.1 Å². The van der Waals surface area contributed by atoms with Crippen LogP contribution in [-0.2, 0) is 10.0 Å². The van der Waals surface area contributed by atoms with Gasteiger partial charge in [0.05, 0.1) is 12.4 Å². The van der Waals surface area contributed by atoms with E-state index in [4.69, 9.17) is 5.11 Å². The zero-order valence-corrected chi connectivity index (χ0v) is 10.8. The number of hydrogen-bond acceptors (Lipinski definition) is 3. The number of aliphatic hydroxyl groups excluding tert-OH is 1. The molecule has 0 aromatic carbocycles. The minimum atomic E-state index is -3.29. The van der Waals surface area contributed by atoms with Crippen LogP contribution in [0.2, 0.25) is 0 Å². The average Bonchev–Trinajstić information content (AvgIpc) is 2.01. The van der Waals surface area contributed by atoms with Gasteiger partial charge in [-0.3, -0.25) is 0 Å². The van der Waals surface area contributed by atoms with E-state index in [0.29, 0.717) is 24.3 Å². The lowest BCUT2D eigenvalue weighted by Crippen LogP contribution is -2.35. The first kappa shape index (κ1) is 14.9. The molecule has 0 rings (SSSR count). The Morgan fingerprint density at radius 2 is 1.60 bits per heavy atom. The summed E-state index contributed by atoms with van der Waals surface area (Å²) in [5.41, 5.74) is 0. The van der Waals surface area contributed by atoms with Gasteiger partial charge in [0.1, 0.15) is 0 Å². The highest BCUT2D eigenvalue weighted by Crippen LogP contribution is 2.19. The van der Waals surface area contributed by atoms with E-state index in [1.54, 1.807) is 0 Å². The van der Waals surface area contributed by atoms with Crippen molar-refractivity contribution in [3.05, 3.63) is 0 Å². The van der Waals surface area contributed by atoms with Crippen LogP contribution in [0.25, 0.3) is 0 Å². The highest BCUT2D eigenvalue weighted by molar-refractivity contribution is 7.89. The van der Waals surface area contributed by atoms with Gasteiger partial charge in [0.25, 0.3) is 0 Å². The third-order valence-electron chi connectivity index (χ3n) is 2.61. The summed E-state index contributed by atoms with van der Waals surface area (Å²) in [4.78, 5) is 0. The Bertz CT molecular complexity index is 252. The second-order valence-electron chi connectivity index (χ2n) is 4.54. The van der Waals surface area contributed by atoms with E-state index in [1.165, 1.54) is 0 Å². The zero-order valence-electron chi connectivity index (χ0n) is 10.0. The molecule has 0 saturated carbocycles. The van der Waals surface area contributed by atoms with Crippen molar-refractivity contribution in [1.82, 2.24) is 4.72 Å². The smallest absolute Gasteiger partial charge is 0.213 e. The maximum Gasteiger partial charge on any atom is 0.213 e. The zero-order chi connectivity index (χ0) is 12.1. The molecule has 0 radical (unpaired) electrons. The van der Waals surface area contributed by atoms with Crippen molar-refractivity contribution in [3.8, 4) is 0 Å². The fraction of sp³-hybridized carbons (Fsp3) is 1.00. The van der Waals surface area contributed by atoms with Crippen LogP contribution in [0.4, 0.5) is 0 Å². The van der Waals surface area contributed by atoms with Gasteiger partial charge in [0.2, 0.25) is 10.0 Å². The number of aliphatic hydroxyl groups is 1. The van der Waals surface area contributed by atoms with Crippen LogP contribution in [0.1, 0.15) is 27.7 Å². The molecule has 0 saturated heterocycles. The molecule has 0 aromatic heterocycles. The topological polar surface area (TPSA) is 66.4 Å². The Morgan fingerprint density at radius 3 is 1.93 bits per heavy atom. The quantitative estimate of drug-likeness (QED) is 0.689. The monoisotopic (exact) mass is 237 g/mol.